The highest BCUT2D eigenvalue weighted by Gasteiger charge is 2.08. The van der Waals surface area contributed by atoms with Gasteiger partial charge in [-0.2, -0.15) is 5.10 Å². The number of hydrogen-bond donors (Lipinski definition) is 1. The molecule has 0 saturated carbocycles. The Hall–Kier alpha value is -2.04. The van der Waals surface area contributed by atoms with Gasteiger partial charge in [-0.25, -0.2) is 5.43 Å². The van der Waals surface area contributed by atoms with Crippen LogP contribution in [0.3, 0.4) is 0 Å². The Labute approximate surface area is 120 Å². The molecular weight excluding hydrogens is 256 g/mol. The summed E-state index contributed by atoms with van der Waals surface area (Å²) in [6.45, 7) is 4.03. The lowest BCUT2D eigenvalue weighted by molar-refractivity contribution is -0.120. The molecule has 0 aliphatic heterocycles. The Morgan fingerprint density at radius 3 is 2.35 bits per heavy atom. The van der Waals surface area contributed by atoms with Gasteiger partial charge in [0, 0.05) is 5.71 Å². The summed E-state index contributed by atoms with van der Waals surface area (Å²) in [5.74, 6) is 1.12. The zero-order valence-electron chi connectivity index (χ0n) is 12.5. The molecule has 0 fully saturated rings. The van der Waals surface area contributed by atoms with E-state index in [9.17, 15) is 4.79 Å². The first-order chi connectivity index (χ1) is 9.64. The normalized spacial score (nSPS) is 9.80. The predicted molar refractivity (Wildman–Crippen MR) is 79.4 cm³/mol. The first kappa shape index (κ1) is 16.0. The fourth-order valence-electron chi connectivity index (χ4n) is 1.77. The minimum absolute atomic E-state index is 0.142. The van der Waals surface area contributed by atoms with Gasteiger partial charge in [-0.1, -0.05) is 19.9 Å². The van der Waals surface area contributed by atoms with Crippen LogP contribution in [0.25, 0.3) is 0 Å². The molecule has 0 aromatic heterocycles. The average molecular weight is 278 g/mol. The third kappa shape index (κ3) is 4.57. The van der Waals surface area contributed by atoms with Gasteiger partial charge in [-0.3, -0.25) is 4.79 Å². The van der Waals surface area contributed by atoms with Gasteiger partial charge in [0.1, 0.15) is 0 Å². The first-order valence-corrected chi connectivity index (χ1v) is 6.69. The van der Waals surface area contributed by atoms with E-state index in [-0.39, 0.29) is 12.3 Å². The SMILES string of the molecule is CCC(CC)=NNC(=O)Cc1ccc(OC)c(OC)c1. The molecule has 1 amide bonds. The second-order valence-corrected chi connectivity index (χ2v) is 4.29. The number of methoxy groups -OCH3 is 2. The summed E-state index contributed by atoms with van der Waals surface area (Å²) >= 11 is 0. The van der Waals surface area contributed by atoms with Crippen LogP contribution in [0.4, 0.5) is 0 Å². The van der Waals surface area contributed by atoms with E-state index in [1.807, 2.05) is 19.9 Å². The monoisotopic (exact) mass is 278 g/mol. The summed E-state index contributed by atoms with van der Waals surface area (Å²) in [5.41, 5.74) is 4.41. The van der Waals surface area contributed by atoms with E-state index in [1.165, 1.54) is 0 Å². The molecule has 1 N–H and O–H groups in total. The van der Waals surface area contributed by atoms with Crippen LogP contribution in [0.2, 0.25) is 0 Å². The summed E-state index contributed by atoms with van der Waals surface area (Å²) in [7, 11) is 3.15. The second-order valence-electron chi connectivity index (χ2n) is 4.29. The third-order valence-corrected chi connectivity index (χ3v) is 2.97. The molecule has 0 bridgehead atoms. The number of hydrazone groups is 1. The summed E-state index contributed by atoms with van der Waals surface area (Å²) < 4.78 is 10.4. The number of carbonyl (C=O) groups excluding carboxylic acids is 1. The van der Waals surface area contributed by atoms with Gasteiger partial charge in [-0.15, -0.1) is 0 Å². The van der Waals surface area contributed by atoms with Crippen molar-refractivity contribution in [2.45, 2.75) is 33.1 Å². The molecule has 0 aliphatic carbocycles. The lowest BCUT2D eigenvalue weighted by Gasteiger charge is -2.09. The highest BCUT2D eigenvalue weighted by atomic mass is 16.5. The molecule has 110 valence electrons. The Morgan fingerprint density at radius 1 is 1.15 bits per heavy atom. The minimum atomic E-state index is -0.142. The number of hydrogen-bond acceptors (Lipinski definition) is 4. The van der Waals surface area contributed by atoms with Crippen molar-refractivity contribution >= 4 is 11.6 Å². The molecule has 0 spiro atoms. The molecule has 0 saturated heterocycles. The van der Waals surface area contributed by atoms with Crippen molar-refractivity contribution in [2.24, 2.45) is 5.10 Å². The van der Waals surface area contributed by atoms with Crippen LogP contribution in [0, 0.1) is 0 Å². The summed E-state index contributed by atoms with van der Waals surface area (Å²) in [4.78, 5) is 11.8. The zero-order chi connectivity index (χ0) is 15.0. The van der Waals surface area contributed by atoms with Crippen LogP contribution >= 0.6 is 0 Å². The molecule has 0 radical (unpaired) electrons. The van der Waals surface area contributed by atoms with E-state index in [4.69, 9.17) is 9.47 Å². The van der Waals surface area contributed by atoms with Crippen molar-refractivity contribution < 1.29 is 14.3 Å². The molecule has 1 aromatic rings. The van der Waals surface area contributed by atoms with Gasteiger partial charge in [0.25, 0.3) is 0 Å². The third-order valence-electron chi connectivity index (χ3n) is 2.97. The largest absolute Gasteiger partial charge is 0.493 e. The fourth-order valence-corrected chi connectivity index (χ4v) is 1.77. The smallest absolute Gasteiger partial charge is 0.244 e. The number of ether oxygens (including phenoxy) is 2. The van der Waals surface area contributed by atoms with Crippen LogP contribution < -0.4 is 14.9 Å². The van der Waals surface area contributed by atoms with Gasteiger partial charge in [0.2, 0.25) is 5.91 Å². The molecule has 0 unspecified atom stereocenters. The number of rotatable bonds is 7. The molecule has 1 rings (SSSR count). The van der Waals surface area contributed by atoms with Gasteiger partial charge in [0.15, 0.2) is 11.5 Å². The van der Waals surface area contributed by atoms with Gasteiger partial charge in [0.05, 0.1) is 20.6 Å². The van der Waals surface area contributed by atoms with Crippen molar-refractivity contribution in [1.82, 2.24) is 5.43 Å². The fraction of sp³-hybridized carbons (Fsp3) is 0.467. The molecule has 5 nitrogen and oxygen atoms in total. The second kappa shape index (κ2) is 8.19. The van der Waals surface area contributed by atoms with Crippen LogP contribution in [-0.2, 0) is 11.2 Å². The molecule has 0 aliphatic rings. The van der Waals surface area contributed by atoms with E-state index in [1.54, 1.807) is 26.4 Å². The quantitative estimate of drug-likeness (QED) is 0.616. The summed E-state index contributed by atoms with van der Waals surface area (Å²) in [6.07, 6.45) is 1.94. The van der Waals surface area contributed by atoms with Crippen LogP contribution in [-0.4, -0.2) is 25.8 Å². The van der Waals surface area contributed by atoms with E-state index in [0.29, 0.717) is 11.5 Å². The van der Waals surface area contributed by atoms with E-state index >= 15 is 0 Å². The van der Waals surface area contributed by atoms with Gasteiger partial charge in [-0.05, 0) is 30.5 Å². The Balaban J connectivity index is 2.69. The summed E-state index contributed by atoms with van der Waals surface area (Å²) in [6, 6.07) is 5.42. The Kier molecular flexibility index (Phi) is 6.56. The lowest BCUT2D eigenvalue weighted by Crippen LogP contribution is -2.21. The van der Waals surface area contributed by atoms with Crippen LogP contribution in [0.5, 0.6) is 11.5 Å². The maximum atomic E-state index is 11.8. The molecule has 20 heavy (non-hydrogen) atoms. The van der Waals surface area contributed by atoms with Crippen molar-refractivity contribution in [2.75, 3.05) is 14.2 Å². The Bertz CT molecular complexity index is 478. The lowest BCUT2D eigenvalue weighted by atomic mass is 10.1. The number of nitrogens with zero attached hydrogens (tertiary/aromatic N) is 1. The zero-order valence-corrected chi connectivity index (χ0v) is 12.5. The molecule has 5 heteroatoms. The van der Waals surface area contributed by atoms with E-state index in [0.717, 1.165) is 24.1 Å². The predicted octanol–water partition coefficient (Wildman–Crippen LogP) is 2.54. The summed E-state index contributed by atoms with van der Waals surface area (Å²) in [5, 5.41) is 4.09. The molecule has 1 aromatic carbocycles. The maximum absolute atomic E-state index is 11.8. The number of carbonyl (C=O) groups is 1. The van der Waals surface area contributed by atoms with Crippen LogP contribution in [0.1, 0.15) is 32.3 Å². The van der Waals surface area contributed by atoms with Crippen molar-refractivity contribution in [3.63, 3.8) is 0 Å². The number of amides is 1. The number of benzene rings is 1. The Morgan fingerprint density at radius 2 is 1.80 bits per heavy atom. The average Bonchev–Trinajstić information content (AvgIpc) is 2.48. The van der Waals surface area contributed by atoms with Crippen molar-refractivity contribution in [1.29, 1.82) is 0 Å². The van der Waals surface area contributed by atoms with Crippen molar-refractivity contribution in [3.8, 4) is 11.5 Å². The van der Waals surface area contributed by atoms with Crippen LogP contribution in [0.15, 0.2) is 23.3 Å². The molecule has 0 heterocycles. The highest BCUT2D eigenvalue weighted by molar-refractivity contribution is 5.86. The van der Waals surface area contributed by atoms with Gasteiger partial charge >= 0.3 is 0 Å². The number of nitrogens with one attached hydrogen (secondary N) is 1. The van der Waals surface area contributed by atoms with E-state index < -0.39 is 0 Å². The maximum Gasteiger partial charge on any atom is 0.244 e. The van der Waals surface area contributed by atoms with E-state index in [2.05, 4.69) is 10.5 Å². The highest BCUT2D eigenvalue weighted by Crippen LogP contribution is 2.27. The molecular formula is C15H22N2O3. The van der Waals surface area contributed by atoms with Gasteiger partial charge < -0.3 is 9.47 Å². The standard InChI is InChI=1S/C15H22N2O3/c1-5-12(6-2)16-17-15(18)10-11-7-8-13(19-3)14(9-11)20-4/h7-9H,5-6,10H2,1-4H3,(H,17,18). The van der Waals surface area contributed by atoms with Crippen molar-refractivity contribution in [3.05, 3.63) is 23.8 Å². The topological polar surface area (TPSA) is 59.9 Å². The first-order valence-electron chi connectivity index (χ1n) is 6.69. The molecule has 0 atom stereocenters. The minimum Gasteiger partial charge on any atom is -0.493 e.